The van der Waals surface area contributed by atoms with E-state index in [9.17, 15) is 5.21 Å². The molecule has 3 nitrogen and oxygen atoms in total. The standard InChI is InChI=1S/C2H3NO2.ClH.Ru/c1-2-3(4)5;;/h1-2H,(H,4,5);1H;/q;;+1/p-1. The van der Waals surface area contributed by atoms with Gasteiger partial charge in [0.25, 0.3) is 0 Å². The Kier molecular flexibility index (Phi) is 4.25. The molecule has 0 amide bonds. The zero-order valence-corrected chi connectivity index (χ0v) is 5.68. The van der Waals surface area contributed by atoms with Gasteiger partial charge in [0.2, 0.25) is 0 Å². The average molecular weight is 210 g/mol. The normalized spacial score (nSPS) is 14.1. The van der Waals surface area contributed by atoms with Crippen LogP contribution in [0.15, 0.2) is 0 Å². The van der Waals surface area contributed by atoms with Crippen molar-refractivity contribution in [3.05, 3.63) is 5.21 Å². The first-order valence-electron chi connectivity index (χ1n) is 1.31. The van der Waals surface area contributed by atoms with E-state index < -0.39 is 15.7 Å². The van der Waals surface area contributed by atoms with Crippen molar-refractivity contribution in [3.8, 4) is 0 Å². The number of rotatable bonds is 1. The van der Waals surface area contributed by atoms with Crippen LogP contribution in [0.4, 0.5) is 0 Å². The summed E-state index contributed by atoms with van der Waals surface area (Å²) >= 11 is -0.396. The number of hydrogen-bond acceptors (Lipinski definition) is 2. The first-order chi connectivity index (χ1) is 3.27. The van der Waals surface area contributed by atoms with Gasteiger partial charge in [-0.1, -0.05) is 0 Å². The van der Waals surface area contributed by atoms with E-state index in [0.717, 1.165) is 6.21 Å². The summed E-state index contributed by atoms with van der Waals surface area (Å²) in [5.41, 5.74) is 0. The van der Waals surface area contributed by atoms with Crippen molar-refractivity contribution in [2.45, 2.75) is 0 Å². The third-order valence-corrected chi connectivity index (χ3v) is 1.23. The minimum atomic E-state index is -0.396. The van der Waals surface area contributed by atoms with Gasteiger partial charge in [-0.2, -0.15) is 0 Å². The van der Waals surface area contributed by atoms with Gasteiger partial charge in [-0.15, -0.1) is 0 Å². The Morgan fingerprint density at radius 3 is 2.57 bits per heavy atom. The third kappa shape index (κ3) is 6.05. The van der Waals surface area contributed by atoms with Crippen molar-refractivity contribution in [3.63, 3.8) is 0 Å². The minimum absolute atomic E-state index is 0.281. The predicted molar refractivity (Wildman–Crippen MR) is 23.4 cm³/mol. The van der Waals surface area contributed by atoms with E-state index in [1.165, 1.54) is 4.61 Å². The number of hydrogen-bond donors (Lipinski definition) is 1. The summed E-state index contributed by atoms with van der Waals surface area (Å²) in [7, 11) is 5.17. The fourth-order valence-electron chi connectivity index (χ4n) is 0.0650. The van der Waals surface area contributed by atoms with Gasteiger partial charge in [0, 0.05) is 0 Å². The van der Waals surface area contributed by atoms with Crippen molar-refractivity contribution in [2.75, 3.05) is 0 Å². The zero-order chi connectivity index (χ0) is 5.70. The van der Waals surface area contributed by atoms with Crippen molar-refractivity contribution in [1.29, 1.82) is 0 Å². The van der Waals surface area contributed by atoms with Crippen molar-refractivity contribution in [1.82, 2.24) is 0 Å². The second-order valence-electron chi connectivity index (χ2n) is 0.647. The first-order valence-corrected chi connectivity index (χ1v) is 4.55. The summed E-state index contributed by atoms with van der Waals surface area (Å²) in [6.07, 6.45) is 0.964. The molecule has 0 bridgehead atoms. The topological polar surface area (TPSA) is 46.3 Å². The molecule has 1 N–H and O–H groups in total. The van der Waals surface area contributed by atoms with Crippen LogP contribution < -0.4 is 0 Å². The van der Waals surface area contributed by atoms with E-state index in [0.29, 0.717) is 0 Å². The third-order valence-electron chi connectivity index (χ3n) is 0.225. The van der Waals surface area contributed by atoms with Gasteiger partial charge in [0.05, 0.1) is 0 Å². The second kappa shape index (κ2) is 4.22. The quantitative estimate of drug-likeness (QED) is 0.217. The molecular weight excluding hydrogens is 207 g/mol. The van der Waals surface area contributed by atoms with Crippen LogP contribution in [0, 0.1) is 5.21 Å². The Hall–Kier alpha value is 0.0534. The predicted octanol–water partition coefficient (Wildman–Crippen LogP) is -0.00480. The maximum absolute atomic E-state index is 9.54. The molecule has 0 unspecified atom stereocenters. The van der Waals surface area contributed by atoms with E-state index in [4.69, 9.17) is 14.9 Å². The summed E-state index contributed by atoms with van der Waals surface area (Å²) in [6, 6.07) is 0. The molecule has 0 atom stereocenters. The molecule has 0 fully saturated rings. The van der Waals surface area contributed by atoms with Gasteiger partial charge in [0.15, 0.2) is 0 Å². The molecule has 0 aliphatic heterocycles. The molecule has 0 aromatic rings. The first kappa shape index (κ1) is 7.05. The van der Waals surface area contributed by atoms with Crippen molar-refractivity contribution in [2.24, 2.45) is 0 Å². The van der Waals surface area contributed by atoms with Gasteiger partial charge >= 0.3 is 51.5 Å². The van der Waals surface area contributed by atoms with E-state index in [1.54, 1.807) is 0 Å². The Bertz CT molecular complexity index is 97.9. The van der Waals surface area contributed by atoms with Crippen LogP contribution in [0.25, 0.3) is 0 Å². The van der Waals surface area contributed by atoms with Crippen LogP contribution in [-0.4, -0.2) is 20.9 Å². The Labute approximate surface area is 51.9 Å². The second-order valence-corrected chi connectivity index (χ2v) is 2.52. The van der Waals surface area contributed by atoms with Crippen LogP contribution in [0.2, 0.25) is 0 Å². The van der Waals surface area contributed by atoms with Crippen LogP contribution in [0.3, 0.4) is 0 Å². The van der Waals surface area contributed by atoms with Crippen LogP contribution in [0.1, 0.15) is 0 Å². The Balaban J connectivity index is 3.46. The van der Waals surface area contributed by atoms with Crippen LogP contribution >= 0.6 is 9.69 Å². The molecule has 5 heteroatoms. The summed E-state index contributed by atoms with van der Waals surface area (Å²) in [5, 5.41) is 17.4. The average Bonchev–Trinajstić information content (AvgIpc) is 1.61. The monoisotopic (exact) mass is 210 g/mol. The molecule has 0 saturated carbocycles. The van der Waals surface area contributed by atoms with Crippen molar-refractivity contribution >= 4 is 20.5 Å². The summed E-state index contributed by atoms with van der Waals surface area (Å²) in [6.45, 7) is 0. The number of halogens is 1. The molecule has 0 aromatic heterocycles. The molecule has 0 aliphatic carbocycles. The van der Waals surface area contributed by atoms with Gasteiger partial charge in [-0.3, -0.25) is 0 Å². The summed E-state index contributed by atoms with van der Waals surface area (Å²) in [5.74, 6) is 0. The molecule has 43 valence electrons. The molecule has 7 heavy (non-hydrogen) atoms. The molecule has 0 aliphatic rings. The SMILES string of the molecule is [O-][N+](O)=C[CH]=[Ru][Cl]. The fraction of sp³-hybridized carbons (Fsp3) is 0. The Morgan fingerprint density at radius 2 is 2.43 bits per heavy atom. The van der Waals surface area contributed by atoms with Crippen LogP contribution in [-0.2, 0) is 15.7 Å². The number of nitrogens with zero attached hydrogens (tertiary/aromatic N) is 1. The van der Waals surface area contributed by atoms with E-state index >= 15 is 0 Å². The fourth-order valence-corrected chi connectivity index (χ4v) is 0.620. The van der Waals surface area contributed by atoms with Gasteiger partial charge < -0.3 is 0 Å². The molecule has 0 spiro atoms. The maximum atomic E-state index is 9.54. The molecule has 0 heterocycles. The van der Waals surface area contributed by atoms with Gasteiger partial charge in [0.1, 0.15) is 0 Å². The molecule has 0 radical (unpaired) electrons. The van der Waals surface area contributed by atoms with E-state index in [2.05, 4.69) is 0 Å². The molecular formula is C2H3ClNO2Ru. The van der Waals surface area contributed by atoms with E-state index in [1.807, 2.05) is 0 Å². The summed E-state index contributed by atoms with van der Waals surface area (Å²) < 4.78 is 1.42. The van der Waals surface area contributed by atoms with Gasteiger partial charge in [-0.05, 0) is 0 Å². The van der Waals surface area contributed by atoms with E-state index in [-0.39, 0.29) is 4.90 Å². The Morgan fingerprint density at radius 1 is 1.86 bits per heavy atom. The molecule has 0 rings (SSSR count). The molecule has 0 aromatic carbocycles. The summed E-state index contributed by atoms with van der Waals surface area (Å²) in [4.78, 5) is -0.281. The van der Waals surface area contributed by atoms with Crippen molar-refractivity contribution < 1.29 is 25.8 Å². The zero-order valence-electron chi connectivity index (χ0n) is 3.19. The van der Waals surface area contributed by atoms with Crippen LogP contribution in [0.5, 0.6) is 0 Å². The molecule has 0 saturated heterocycles. The van der Waals surface area contributed by atoms with Gasteiger partial charge in [-0.25, -0.2) is 0 Å².